The van der Waals surface area contributed by atoms with Gasteiger partial charge in [-0.1, -0.05) is 26.8 Å². The van der Waals surface area contributed by atoms with Crippen LogP contribution in [0.15, 0.2) is 17.1 Å². The molecule has 0 spiro atoms. The largest absolute Gasteiger partial charge is 0.449 e. The first-order valence-corrected chi connectivity index (χ1v) is 7.25. The lowest BCUT2D eigenvalue weighted by atomic mass is 10.2. The van der Waals surface area contributed by atoms with Crippen molar-refractivity contribution in [3.8, 4) is 0 Å². The zero-order valence-corrected chi connectivity index (χ0v) is 13.8. The number of hydrogen-bond donors (Lipinski definition) is 0. The summed E-state index contributed by atoms with van der Waals surface area (Å²) in [5.41, 5.74) is 0.546. The van der Waals surface area contributed by atoms with Crippen LogP contribution in [0.5, 0.6) is 0 Å². The minimum Gasteiger partial charge on any atom is -0.449 e. The molecule has 0 atom stereocenters. The maximum absolute atomic E-state index is 12.1. The molecule has 0 aromatic heterocycles. The van der Waals surface area contributed by atoms with Crippen LogP contribution < -0.4 is 0 Å². The Morgan fingerprint density at radius 3 is 2.35 bits per heavy atom. The summed E-state index contributed by atoms with van der Waals surface area (Å²) < 4.78 is 40.2. The number of carbonyl (C=O) groups is 2. The highest BCUT2D eigenvalue weighted by atomic mass is 19.4. The molecule has 0 aliphatic carbocycles. The Hall–Kier alpha value is -1.86. The van der Waals surface area contributed by atoms with Crippen LogP contribution in [0.2, 0.25) is 0 Å². The van der Waals surface area contributed by atoms with Crippen molar-refractivity contribution in [3.05, 3.63) is 12.2 Å². The summed E-state index contributed by atoms with van der Waals surface area (Å²) in [6, 6.07) is 0. The Morgan fingerprint density at radius 1 is 1.30 bits per heavy atom. The van der Waals surface area contributed by atoms with Crippen LogP contribution in [0.25, 0.3) is 0 Å². The molecule has 0 saturated carbocycles. The van der Waals surface area contributed by atoms with Crippen LogP contribution in [-0.4, -0.2) is 55.4 Å². The van der Waals surface area contributed by atoms with Crippen LogP contribution in [0, 0.1) is 5.92 Å². The average Bonchev–Trinajstić information content (AvgIpc) is 2.45. The molecule has 0 aliphatic rings. The fourth-order valence-corrected chi connectivity index (χ4v) is 1.65. The summed E-state index contributed by atoms with van der Waals surface area (Å²) in [6.07, 6.45) is -0.354. The van der Waals surface area contributed by atoms with Crippen LogP contribution in [0.3, 0.4) is 0 Å². The standard InChI is InChI=1S/C15H23F3N2O3/c1-5-6-7-12(19-4)9-20(8-11(2)3)13(21)14(22)23-10-15(16,17)18/h6-7,11H,5,8-10H2,1-4H3/b7-6-,19-12?. The molecule has 0 aliphatic heterocycles. The quantitative estimate of drug-likeness (QED) is 0.408. The topological polar surface area (TPSA) is 59.0 Å². The van der Waals surface area contributed by atoms with Crippen molar-refractivity contribution < 1.29 is 27.5 Å². The van der Waals surface area contributed by atoms with Crippen molar-refractivity contribution in [2.45, 2.75) is 33.4 Å². The minimum absolute atomic E-state index is 0.0302. The van der Waals surface area contributed by atoms with E-state index in [1.807, 2.05) is 26.8 Å². The molecule has 8 heteroatoms. The second-order valence-electron chi connectivity index (χ2n) is 5.30. The van der Waals surface area contributed by atoms with Gasteiger partial charge in [0, 0.05) is 13.6 Å². The molecule has 1 amide bonds. The highest BCUT2D eigenvalue weighted by Crippen LogP contribution is 2.14. The summed E-state index contributed by atoms with van der Waals surface area (Å²) in [5.74, 6) is -2.59. The first-order valence-electron chi connectivity index (χ1n) is 7.25. The third-order valence-corrected chi connectivity index (χ3v) is 2.60. The fourth-order valence-electron chi connectivity index (χ4n) is 1.65. The van der Waals surface area contributed by atoms with Gasteiger partial charge in [-0.05, 0) is 18.4 Å². The molecule has 0 unspecified atom stereocenters. The van der Waals surface area contributed by atoms with Gasteiger partial charge >= 0.3 is 18.1 Å². The molecular weight excluding hydrogens is 313 g/mol. The zero-order chi connectivity index (χ0) is 18.0. The number of amides is 1. The van der Waals surface area contributed by atoms with E-state index in [0.717, 1.165) is 11.3 Å². The molecule has 0 fully saturated rings. The van der Waals surface area contributed by atoms with Gasteiger partial charge in [-0.15, -0.1) is 0 Å². The van der Waals surface area contributed by atoms with E-state index in [2.05, 4.69) is 9.73 Å². The molecule has 0 heterocycles. The zero-order valence-electron chi connectivity index (χ0n) is 13.8. The van der Waals surface area contributed by atoms with E-state index in [-0.39, 0.29) is 19.0 Å². The SMILES string of the molecule is CC/C=C\C(CN(CC(C)C)C(=O)C(=O)OCC(F)(F)F)=NC. The second-order valence-corrected chi connectivity index (χ2v) is 5.30. The number of ether oxygens (including phenoxy) is 1. The number of halogens is 3. The van der Waals surface area contributed by atoms with Crippen LogP contribution in [0.4, 0.5) is 13.2 Å². The fraction of sp³-hybridized carbons (Fsp3) is 0.667. The normalized spacial score (nSPS) is 12.8. The van der Waals surface area contributed by atoms with Crippen molar-refractivity contribution in [2.75, 3.05) is 26.7 Å². The second kappa shape index (κ2) is 10.0. The molecule has 0 aromatic carbocycles. The van der Waals surface area contributed by atoms with Crippen molar-refractivity contribution in [1.82, 2.24) is 4.90 Å². The first kappa shape index (κ1) is 21.1. The number of hydrogen-bond acceptors (Lipinski definition) is 4. The number of rotatable bonds is 7. The third kappa shape index (κ3) is 9.70. The molecular formula is C15H23F3N2O3. The number of allylic oxidation sites excluding steroid dienone is 1. The number of carbonyl (C=O) groups excluding carboxylic acids is 2. The van der Waals surface area contributed by atoms with E-state index in [1.165, 1.54) is 7.05 Å². The van der Waals surface area contributed by atoms with Gasteiger partial charge in [0.1, 0.15) is 0 Å². The molecule has 23 heavy (non-hydrogen) atoms. The first-order chi connectivity index (χ1) is 10.6. The van der Waals surface area contributed by atoms with Gasteiger partial charge in [0.05, 0.1) is 12.3 Å². The highest BCUT2D eigenvalue weighted by Gasteiger charge is 2.32. The molecule has 0 saturated heterocycles. The van der Waals surface area contributed by atoms with Crippen molar-refractivity contribution >= 4 is 17.6 Å². The summed E-state index contributed by atoms with van der Waals surface area (Å²) in [4.78, 5) is 28.7. The summed E-state index contributed by atoms with van der Waals surface area (Å²) >= 11 is 0. The third-order valence-electron chi connectivity index (χ3n) is 2.60. The lowest BCUT2D eigenvalue weighted by Gasteiger charge is -2.23. The van der Waals surface area contributed by atoms with Crippen molar-refractivity contribution in [3.63, 3.8) is 0 Å². The lowest BCUT2D eigenvalue weighted by molar-refractivity contribution is -0.189. The van der Waals surface area contributed by atoms with Crippen molar-refractivity contribution in [1.29, 1.82) is 0 Å². The van der Waals surface area contributed by atoms with Gasteiger partial charge in [-0.25, -0.2) is 4.79 Å². The monoisotopic (exact) mass is 336 g/mol. The van der Waals surface area contributed by atoms with Gasteiger partial charge in [-0.3, -0.25) is 9.79 Å². The van der Waals surface area contributed by atoms with E-state index in [1.54, 1.807) is 6.08 Å². The van der Waals surface area contributed by atoms with E-state index >= 15 is 0 Å². The average molecular weight is 336 g/mol. The maximum atomic E-state index is 12.1. The summed E-state index contributed by atoms with van der Waals surface area (Å²) in [6.45, 7) is 4.04. The maximum Gasteiger partial charge on any atom is 0.422 e. The molecule has 132 valence electrons. The molecule has 0 radical (unpaired) electrons. The summed E-state index contributed by atoms with van der Waals surface area (Å²) in [7, 11) is 1.54. The molecule has 0 bridgehead atoms. The molecule has 0 N–H and O–H groups in total. The van der Waals surface area contributed by atoms with Crippen LogP contribution in [0.1, 0.15) is 27.2 Å². The number of alkyl halides is 3. The lowest BCUT2D eigenvalue weighted by Crippen LogP contribution is -2.43. The van der Waals surface area contributed by atoms with Crippen LogP contribution >= 0.6 is 0 Å². The molecule has 0 aromatic rings. The predicted octanol–water partition coefficient (Wildman–Crippen LogP) is 2.61. The highest BCUT2D eigenvalue weighted by molar-refractivity contribution is 6.32. The Kier molecular flexibility index (Phi) is 9.21. The van der Waals surface area contributed by atoms with Gasteiger partial charge in [0.25, 0.3) is 0 Å². The van der Waals surface area contributed by atoms with Crippen LogP contribution in [-0.2, 0) is 14.3 Å². The van der Waals surface area contributed by atoms with Gasteiger partial charge in [0.2, 0.25) is 0 Å². The smallest absolute Gasteiger partial charge is 0.422 e. The Labute approximate surface area is 134 Å². The number of aliphatic imine (C=N–C) groups is 1. The minimum atomic E-state index is -4.67. The molecule has 0 rings (SSSR count). The predicted molar refractivity (Wildman–Crippen MR) is 81.2 cm³/mol. The number of esters is 1. The summed E-state index contributed by atoms with van der Waals surface area (Å²) in [5, 5.41) is 0. The Morgan fingerprint density at radius 2 is 1.91 bits per heavy atom. The Balaban J connectivity index is 4.97. The van der Waals surface area contributed by atoms with E-state index in [9.17, 15) is 22.8 Å². The van der Waals surface area contributed by atoms with E-state index < -0.39 is 24.7 Å². The van der Waals surface area contributed by atoms with Crippen molar-refractivity contribution in [2.24, 2.45) is 10.9 Å². The van der Waals surface area contributed by atoms with Gasteiger partial charge in [0.15, 0.2) is 6.61 Å². The molecule has 5 nitrogen and oxygen atoms in total. The van der Waals surface area contributed by atoms with Gasteiger partial charge in [-0.2, -0.15) is 13.2 Å². The Bertz CT molecular complexity index is 457. The van der Waals surface area contributed by atoms with E-state index in [4.69, 9.17) is 0 Å². The van der Waals surface area contributed by atoms with Gasteiger partial charge < -0.3 is 9.64 Å². The number of nitrogens with zero attached hydrogens (tertiary/aromatic N) is 2. The van der Waals surface area contributed by atoms with E-state index in [0.29, 0.717) is 5.71 Å².